The van der Waals surface area contributed by atoms with Gasteiger partial charge in [0.1, 0.15) is 4.32 Å². The van der Waals surface area contributed by atoms with E-state index in [1.165, 1.54) is 22.2 Å². The van der Waals surface area contributed by atoms with E-state index in [2.05, 4.69) is 29.3 Å². The third-order valence-electron chi connectivity index (χ3n) is 7.05. The molecule has 192 valence electrons. The topological polar surface area (TPSA) is 70.1 Å². The quantitative estimate of drug-likeness (QED) is 0.307. The Morgan fingerprint density at radius 3 is 2.29 bits per heavy atom. The summed E-state index contributed by atoms with van der Waals surface area (Å²) in [6.07, 6.45) is 3.06. The smallest absolute Gasteiger partial charge is 0.266 e. The molecule has 1 amide bonds. The van der Waals surface area contributed by atoms with E-state index in [-0.39, 0.29) is 29.5 Å². The van der Waals surface area contributed by atoms with Crippen LogP contribution in [0.5, 0.6) is 0 Å². The van der Waals surface area contributed by atoms with Gasteiger partial charge in [0.25, 0.3) is 5.91 Å². The zero-order valence-corrected chi connectivity index (χ0v) is 22.9. The van der Waals surface area contributed by atoms with Crippen LogP contribution in [0.25, 0.3) is 6.08 Å². The van der Waals surface area contributed by atoms with Crippen LogP contribution in [0.3, 0.4) is 0 Å². The zero-order chi connectivity index (χ0) is 26.3. The van der Waals surface area contributed by atoms with Crippen molar-refractivity contribution in [2.75, 3.05) is 16.5 Å². The minimum Gasteiger partial charge on any atom is -0.289 e. The Bertz CT molecular complexity index is 1550. The van der Waals surface area contributed by atoms with E-state index in [0.717, 1.165) is 28.9 Å². The van der Waals surface area contributed by atoms with Crippen molar-refractivity contribution in [2.24, 2.45) is 5.10 Å². The van der Waals surface area contributed by atoms with Gasteiger partial charge in [0.15, 0.2) is 9.84 Å². The fraction of sp³-hybridized carbons (Fsp3) is 0.207. The molecular formula is C29H25N3O3S3. The summed E-state index contributed by atoms with van der Waals surface area (Å²) in [5.41, 5.74) is 5.19. The van der Waals surface area contributed by atoms with Crippen LogP contribution >= 0.6 is 24.0 Å². The third kappa shape index (κ3) is 4.93. The fourth-order valence-corrected chi connectivity index (χ4v) is 8.24. The molecule has 0 unspecified atom stereocenters. The van der Waals surface area contributed by atoms with Gasteiger partial charge in [0.2, 0.25) is 0 Å². The summed E-state index contributed by atoms with van der Waals surface area (Å²) in [4.78, 5) is 15.1. The first-order valence-electron chi connectivity index (χ1n) is 12.4. The van der Waals surface area contributed by atoms with E-state index in [0.29, 0.717) is 15.6 Å². The van der Waals surface area contributed by atoms with Crippen LogP contribution < -0.4 is 5.01 Å². The maximum atomic E-state index is 13.1. The molecule has 2 atom stereocenters. The number of sulfone groups is 1. The number of benzene rings is 3. The summed E-state index contributed by atoms with van der Waals surface area (Å²) in [5.74, 6) is -0.137. The lowest BCUT2D eigenvalue weighted by Gasteiger charge is -2.24. The first-order chi connectivity index (χ1) is 18.4. The van der Waals surface area contributed by atoms with E-state index < -0.39 is 9.84 Å². The predicted octanol–water partition coefficient (Wildman–Crippen LogP) is 5.43. The highest BCUT2D eigenvalue weighted by atomic mass is 32.2. The monoisotopic (exact) mass is 559 g/mol. The molecule has 3 aliphatic heterocycles. The molecule has 3 heterocycles. The van der Waals surface area contributed by atoms with Crippen molar-refractivity contribution >= 4 is 61.5 Å². The van der Waals surface area contributed by atoms with E-state index in [4.69, 9.17) is 17.3 Å². The van der Waals surface area contributed by atoms with E-state index in [9.17, 15) is 13.2 Å². The second-order valence-corrected chi connectivity index (χ2v) is 13.5. The Morgan fingerprint density at radius 2 is 1.63 bits per heavy atom. The summed E-state index contributed by atoms with van der Waals surface area (Å²) in [5, 5.41) is 7.08. The number of nitrogens with zero attached hydrogens (tertiary/aromatic N) is 3. The molecular weight excluding hydrogens is 535 g/mol. The van der Waals surface area contributed by atoms with Gasteiger partial charge in [-0.15, -0.1) is 0 Å². The van der Waals surface area contributed by atoms with Crippen molar-refractivity contribution in [2.45, 2.75) is 24.9 Å². The van der Waals surface area contributed by atoms with Crippen molar-refractivity contribution in [3.05, 3.63) is 107 Å². The lowest BCUT2D eigenvalue weighted by atomic mass is 9.98. The number of thiocarbonyl (C=S) groups is 1. The van der Waals surface area contributed by atoms with Crippen LogP contribution in [0.2, 0.25) is 0 Å². The van der Waals surface area contributed by atoms with Gasteiger partial charge in [0, 0.05) is 6.42 Å². The number of anilines is 1. The van der Waals surface area contributed by atoms with Crippen molar-refractivity contribution in [3.63, 3.8) is 0 Å². The number of thioether (sulfide) groups is 1. The molecule has 3 aromatic rings. The Morgan fingerprint density at radius 1 is 0.947 bits per heavy atom. The maximum Gasteiger partial charge on any atom is 0.266 e. The van der Waals surface area contributed by atoms with Gasteiger partial charge in [-0.3, -0.25) is 14.7 Å². The maximum absolute atomic E-state index is 13.1. The molecule has 0 aliphatic carbocycles. The molecule has 0 radical (unpaired) electrons. The van der Waals surface area contributed by atoms with Gasteiger partial charge in [-0.05, 0) is 41.3 Å². The number of carbonyl (C=O) groups is 1. The van der Waals surface area contributed by atoms with Gasteiger partial charge >= 0.3 is 0 Å². The molecule has 2 fully saturated rings. The lowest BCUT2D eigenvalue weighted by molar-refractivity contribution is -0.123. The van der Waals surface area contributed by atoms with Crippen LogP contribution in [0.15, 0.2) is 94.9 Å². The largest absolute Gasteiger partial charge is 0.289 e. The average molecular weight is 560 g/mol. The highest BCUT2D eigenvalue weighted by Gasteiger charge is 2.42. The van der Waals surface area contributed by atoms with Crippen molar-refractivity contribution in [1.82, 2.24) is 4.90 Å². The summed E-state index contributed by atoms with van der Waals surface area (Å²) in [7, 11) is -3.11. The van der Waals surface area contributed by atoms with Crippen LogP contribution in [0.4, 0.5) is 5.69 Å². The second kappa shape index (κ2) is 10.1. The SMILES string of the molecule is O=C1/C(=C\c2ccc(N3N=C(c4ccccc4)C[C@@H]3c3ccccc3)cc2)SC(=S)N1[C@@H]1CCS(=O)(=O)C1. The molecule has 3 aromatic carbocycles. The molecule has 0 saturated carbocycles. The minimum absolute atomic E-state index is 0.0225. The molecule has 2 saturated heterocycles. The number of hydrogen-bond donors (Lipinski definition) is 0. The molecule has 6 nitrogen and oxygen atoms in total. The third-order valence-corrected chi connectivity index (χ3v) is 10.1. The van der Waals surface area contributed by atoms with Gasteiger partial charge in [-0.1, -0.05) is 96.8 Å². The Kier molecular flexibility index (Phi) is 6.67. The first-order valence-corrected chi connectivity index (χ1v) is 15.5. The van der Waals surface area contributed by atoms with Crippen molar-refractivity contribution in [3.8, 4) is 0 Å². The van der Waals surface area contributed by atoms with Crippen LogP contribution in [0, 0.1) is 0 Å². The van der Waals surface area contributed by atoms with Gasteiger partial charge in [-0.25, -0.2) is 8.42 Å². The average Bonchev–Trinajstić information content (AvgIpc) is 3.60. The summed E-state index contributed by atoms with van der Waals surface area (Å²) in [6.45, 7) is 0. The predicted molar refractivity (Wildman–Crippen MR) is 158 cm³/mol. The molecule has 0 bridgehead atoms. The fourth-order valence-electron chi connectivity index (χ4n) is 5.14. The van der Waals surface area contributed by atoms with Crippen molar-refractivity contribution in [1.29, 1.82) is 0 Å². The zero-order valence-electron chi connectivity index (χ0n) is 20.4. The Hall–Kier alpha value is -3.27. The number of hydrogen-bond acceptors (Lipinski definition) is 7. The molecule has 6 rings (SSSR count). The standard InChI is InChI=1S/C29H25N3O3S3/c33-28-27(37-29(36)31(28)24-15-16-38(34,35)19-24)17-20-11-13-23(14-12-20)32-26(22-9-5-2-6-10-22)18-25(30-32)21-7-3-1-4-8-21/h1-14,17,24,26H,15-16,18-19H2/b27-17+/t24-,26-/m1/s1. The van der Waals surface area contributed by atoms with E-state index in [1.54, 1.807) is 0 Å². The number of hydrazone groups is 1. The van der Waals surface area contributed by atoms with Gasteiger partial charge in [0.05, 0.1) is 39.9 Å². The minimum atomic E-state index is -3.11. The lowest BCUT2D eigenvalue weighted by Crippen LogP contribution is -2.39. The van der Waals surface area contributed by atoms with Gasteiger partial charge < -0.3 is 0 Å². The molecule has 3 aliphatic rings. The first kappa shape index (κ1) is 25.0. The second-order valence-electron chi connectivity index (χ2n) is 9.59. The Labute approximate surface area is 232 Å². The molecule has 38 heavy (non-hydrogen) atoms. The molecule has 9 heteroatoms. The van der Waals surface area contributed by atoms with Crippen LogP contribution in [-0.4, -0.2) is 46.8 Å². The van der Waals surface area contributed by atoms with Gasteiger partial charge in [-0.2, -0.15) is 5.10 Å². The number of carbonyl (C=O) groups excluding carboxylic acids is 1. The molecule has 0 spiro atoms. The number of amides is 1. The van der Waals surface area contributed by atoms with E-state index >= 15 is 0 Å². The molecule has 0 aromatic heterocycles. The normalized spacial score (nSPS) is 23.9. The summed E-state index contributed by atoms with van der Waals surface area (Å²) in [6, 6.07) is 28.3. The molecule has 0 N–H and O–H groups in total. The highest BCUT2D eigenvalue weighted by molar-refractivity contribution is 8.26. The van der Waals surface area contributed by atoms with Crippen LogP contribution in [-0.2, 0) is 14.6 Å². The summed E-state index contributed by atoms with van der Waals surface area (Å²) < 4.78 is 24.3. The van der Waals surface area contributed by atoms with Crippen LogP contribution in [0.1, 0.15) is 35.6 Å². The summed E-state index contributed by atoms with van der Waals surface area (Å²) >= 11 is 6.67. The Balaban J connectivity index is 1.25. The van der Waals surface area contributed by atoms with Crippen molar-refractivity contribution < 1.29 is 13.2 Å². The van der Waals surface area contributed by atoms with E-state index in [1.807, 2.05) is 66.7 Å². The number of rotatable bonds is 5. The highest BCUT2D eigenvalue weighted by Crippen LogP contribution is 2.38.